The summed E-state index contributed by atoms with van der Waals surface area (Å²) in [6.45, 7) is 2.04. The summed E-state index contributed by atoms with van der Waals surface area (Å²) in [5.41, 5.74) is 4.53. The molecule has 1 fully saturated rings. The van der Waals surface area contributed by atoms with Crippen LogP contribution >= 0.6 is 0 Å². The molecule has 1 atom stereocenters. The zero-order chi connectivity index (χ0) is 12.5. The average Bonchev–Trinajstić information content (AvgIpc) is 3.23. The third-order valence-corrected chi connectivity index (χ3v) is 3.76. The van der Waals surface area contributed by atoms with Gasteiger partial charge in [-0.1, -0.05) is 48.5 Å². The Kier molecular flexibility index (Phi) is 2.92. The summed E-state index contributed by atoms with van der Waals surface area (Å²) < 4.78 is 0. The summed E-state index contributed by atoms with van der Waals surface area (Å²) in [6.07, 6.45) is 2.08. The highest BCUT2D eigenvalue weighted by atomic mass is 16.3. The Morgan fingerprint density at radius 2 is 1.83 bits per heavy atom. The third kappa shape index (κ3) is 2.19. The highest BCUT2D eigenvalue weighted by molar-refractivity contribution is 5.38. The van der Waals surface area contributed by atoms with Crippen LogP contribution in [0.5, 0.6) is 0 Å². The maximum absolute atomic E-state index is 10.5. The van der Waals surface area contributed by atoms with Gasteiger partial charge in [-0.3, -0.25) is 0 Å². The van der Waals surface area contributed by atoms with Gasteiger partial charge >= 0.3 is 0 Å². The molecule has 0 saturated heterocycles. The normalized spacial score (nSPS) is 16.6. The predicted molar refractivity (Wildman–Crippen MR) is 73.7 cm³/mol. The van der Waals surface area contributed by atoms with Crippen molar-refractivity contribution in [3.8, 4) is 0 Å². The van der Waals surface area contributed by atoms with Crippen molar-refractivity contribution in [3.05, 3.63) is 70.8 Å². The van der Waals surface area contributed by atoms with Crippen LogP contribution in [0, 0.1) is 6.92 Å². The molecule has 0 aromatic heterocycles. The second kappa shape index (κ2) is 4.58. The van der Waals surface area contributed by atoms with E-state index in [-0.39, 0.29) is 0 Å². The van der Waals surface area contributed by atoms with E-state index in [4.69, 9.17) is 0 Å². The third-order valence-electron chi connectivity index (χ3n) is 3.76. The topological polar surface area (TPSA) is 20.2 Å². The largest absolute Gasteiger partial charge is 0.384 e. The van der Waals surface area contributed by atoms with Crippen molar-refractivity contribution in [2.45, 2.75) is 31.8 Å². The first kappa shape index (κ1) is 11.5. The molecule has 2 aromatic carbocycles. The number of aliphatic hydroxyl groups is 1. The molecule has 0 heterocycles. The maximum Gasteiger partial charge on any atom is 0.104 e. The lowest BCUT2D eigenvalue weighted by atomic mass is 9.95. The van der Waals surface area contributed by atoms with Gasteiger partial charge in [-0.25, -0.2) is 0 Å². The molecule has 2 aromatic rings. The van der Waals surface area contributed by atoms with Crippen LogP contribution in [0.4, 0.5) is 0 Å². The Hall–Kier alpha value is -1.60. The molecule has 1 aliphatic carbocycles. The molecule has 1 aliphatic rings. The van der Waals surface area contributed by atoms with Crippen LogP contribution < -0.4 is 0 Å². The van der Waals surface area contributed by atoms with Crippen LogP contribution in [-0.2, 0) is 0 Å². The fraction of sp³-hybridized carbons (Fsp3) is 0.294. The second-order valence-corrected chi connectivity index (χ2v) is 5.20. The number of hydrogen-bond acceptors (Lipinski definition) is 1. The predicted octanol–water partition coefficient (Wildman–Crippen LogP) is 3.95. The molecule has 1 saturated carbocycles. The quantitative estimate of drug-likeness (QED) is 0.858. The molecule has 1 N–H and O–H groups in total. The van der Waals surface area contributed by atoms with Gasteiger partial charge in [0, 0.05) is 0 Å². The van der Waals surface area contributed by atoms with Gasteiger partial charge in [0.1, 0.15) is 6.10 Å². The van der Waals surface area contributed by atoms with E-state index in [0.29, 0.717) is 0 Å². The van der Waals surface area contributed by atoms with Crippen molar-refractivity contribution < 1.29 is 5.11 Å². The Labute approximate surface area is 108 Å². The van der Waals surface area contributed by atoms with Crippen LogP contribution in [0.25, 0.3) is 0 Å². The molecule has 0 amide bonds. The van der Waals surface area contributed by atoms with Crippen LogP contribution in [-0.4, -0.2) is 5.11 Å². The number of aliphatic hydroxyl groups excluding tert-OH is 1. The molecule has 0 radical (unpaired) electrons. The fourth-order valence-electron chi connectivity index (χ4n) is 2.47. The smallest absolute Gasteiger partial charge is 0.104 e. The molecule has 92 valence electrons. The van der Waals surface area contributed by atoms with E-state index in [1.165, 1.54) is 18.4 Å². The van der Waals surface area contributed by atoms with E-state index in [0.717, 1.165) is 22.6 Å². The lowest BCUT2D eigenvalue weighted by molar-refractivity contribution is 0.219. The van der Waals surface area contributed by atoms with Crippen molar-refractivity contribution in [1.82, 2.24) is 0 Å². The first-order valence-corrected chi connectivity index (χ1v) is 6.59. The van der Waals surface area contributed by atoms with E-state index < -0.39 is 6.10 Å². The van der Waals surface area contributed by atoms with E-state index in [2.05, 4.69) is 18.2 Å². The Bertz CT molecular complexity index is 555. The van der Waals surface area contributed by atoms with E-state index in [1.807, 2.05) is 37.3 Å². The number of rotatable bonds is 3. The van der Waals surface area contributed by atoms with Crippen LogP contribution in [0.1, 0.15) is 47.1 Å². The van der Waals surface area contributed by atoms with Gasteiger partial charge in [0.05, 0.1) is 0 Å². The number of hydrogen-bond donors (Lipinski definition) is 1. The van der Waals surface area contributed by atoms with Crippen molar-refractivity contribution in [3.63, 3.8) is 0 Å². The molecule has 18 heavy (non-hydrogen) atoms. The standard InChI is InChI=1S/C17H18O/c1-12-5-2-3-8-16(12)17(18)15-7-4-6-14(11-15)13-9-10-13/h2-8,11,13,17-18H,9-10H2,1H3. The summed E-state index contributed by atoms with van der Waals surface area (Å²) in [7, 11) is 0. The lowest BCUT2D eigenvalue weighted by Gasteiger charge is -2.15. The molecular formula is C17H18O. The van der Waals surface area contributed by atoms with Gasteiger partial charge in [0.2, 0.25) is 0 Å². The molecule has 0 bridgehead atoms. The monoisotopic (exact) mass is 238 g/mol. The minimum absolute atomic E-state index is 0.509. The highest BCUT2D eigenvalue weighted by Crippen LogP contribution is 2.41. The van der Waals surface area contributed by atoms with Crippen LogP contribution in [0.2, 0.25) is 0 Å². The fourth-order valence-corrected chi connectivity index (χ4v) is 2.47. The number of benzene rings is 2. The van der Waals surface area contributed by atoms with Gasteiger partial charge in [0.15, 0.2) is 0 Å². The van der Waals surface area contributed by atoms with Gasteiger partial charge < -0.3 is 5.11 Å². The highest BCUT2D eigenvalue weighted by Gasteiger charge is 2.24. The zero-order valence-corrected chi connectivity index (χ0v) is 10.6. The average molecular weight is 238 g/mol. The van der Waals surface area contributed by atoms with Gasteiger partial charge in [0.25, 0.3) is 0 Å². The summed E-state index contributed by atoms with van der Waals surface area (Å²) in [5, 5.41) is 10.5. The lowest BCUT2D eigenvalue weighted by Crippen LogP contribution is -2.02. The Morgan fingerprint density at radius 1 is 1.06 bits per heavy atom. The van der Waals surface area contributed by atoms with Gasteiger partial charge in [-0.15, -0.1) is 0 Å². The summed E-state index contributed by atoms with van der Waals surface area (Å²) in [4.78, 5) is 0. The maximum atomic E-state index is 10.5. The van der Waals surface area contributed by atoms with Crippen molar-refractivity contribution in [2.75, 3.05) is 0 Å². The second-order valence-electron chi connectivity index (χ2n) is 5.20. The summed E-state index contributed by atoms with van der Waals surface area (Å²) in [5.74, 6) is 0.731. The molecular weight excluding hydrogens is 220 g/mol. The van der Waals surface area contributed by atoms with Crippen LogP contribution in [0.15, 0.2) is 48.5 Å². The minimum atomic E-state index is -0.509. The molecule has 3 rings (SSSR count). The van der Waals surface area contributed by atoms with E-state index in [1.54, 1.807) is 0 Å². The van der Waals surface area contributed by atoms with Crippen molar-refractivity contribution in [1.29, 1.82) is 0 Å². The molecule has 0 spiro atoms. The molecule has 1 nitrogen and oxygen atoms in total. The number of aryl methyl sites for hydroxylation is 1. The van der Waals surface area contributed by atoms with E-state index in [9.17, 15) is 5.11 Å². The molecule has 0 aliphatic heterocycles. The summed E-state index contributed by atoms with van der Waals surface area (Å²) in [6, 6.07) is 16.4. The van der Waals surface area contributed by atoms with Crippen molar-refractivity contribution in [2.24, 2.45) is 0 Å². The minimum Gasteiger partial charge on any atom is -0.384 e. The SMILES string of the molecule is Cc1ccccc1C(O)c1cccc(C2CC2)c1. The molecule has 1 unspecified atom stereocenters. The zero-order valence-electron chi connectivity index (χ0n) is 10.6. The van der Waals surface area contributed by atoms with Crippen molar-refractivity contribution >= 4 is 0 Å². The van der Waals surface area contributed by atoms with Gasteiger partial charge in [-0.2, -0.15) is 0 Å². The Morgan fingerprint density at radius 3 is 2.56 bits per heavy atom. The summed E-state index contributed by atoms with van der Waals surface area (Å²) >= 11 is 0. The van der Waals surface area contributed by atoms with Crippen LogP contribution in [0.3, 0.4) is 0 Å². The van der Waals surface area contributed by atoms with E-state index >= 15 is 0 Å². The molecule has 1 heteroatoms. The Balaban J connectivity index is 1.94. The van der Waals surface area contributed by atoms with Gasteiger partial charge in [-0.05, 0) is 47.9 Å². The first-order valence-electron chi connectivity index (χ1n) is 6.59. The first-order chi connectivity index (χ1) is 8.75.